The van der Waals surface area contributed by atoms with E-state index in [0.717, 1.165) is 13.1 Å². The van der Waals surface area contributed by atoms with E-state index in [-0.39, 0.29) is 5.95 Å². The summed E-state index contributed by atoms with van der Waals surface area (Å²) in [6.45, 7) is 1.96. The molecule has 0 radical (unpaired) electrons. The highest BCUT2D eigenvalue weighted by molar-refractivity contribution is 5.38. The Morgan fingerprint density at radius 1 is 0.947 bits per heavy atom. The van der Waals surface area contributed by atoms with Gasteiger partial charge in [-0.25, -0.2) is 4.98 Å². The highest BCUT2D eigenvalue weighted by Gasteiger charge is 2.15. The van der Waals surface area contributed by atoms with Gasteiger partial charge in [-0.15, -0.1) is 0 Å². The lowest BCUT2D eigenvalue weighted by atomic mass is 10.2. The predicted molar refractivity (Wildman–Crippen MR) is 72.0 cm³/mol. The standard InChI is InChI=1S/C12H17N7/c13-10-15-11(18-6-3-1-2-4-7-18)17-12(16-10)19-8-5-14-9-19/h5,8-9H,1-4,6-7H2,(H2,13,15,16,17). The SMILES string of the molecule is Nc1nc(N2CCCCCC2)nc(-n2ccnc2)n1. The molecule has 2 N–H and O–H groups in total. The molecule has 1 aliphatic heterocycles. The molecule has 7 nitrogen and oxygen atoms in total. The van der Waals surface area contributed by atoms with E-state index in [0.29, 0.717) is 11.9 Å². The van der Waals surface area contributed by atoms with E-state index in [9.17, 15) is 0 Å². The summed E-state index contributed by atoms with van der Waals surface area (Å²) < 4.78 is 1.74. The second-order valence-electron chi connectivity index (χ2n) is 4.66. The van der Waals surface area contributed by atoms with Crippen LogP contribution in [0, 0.1) is 0 Å². The molecule has 1 aliphatic rings. The number of hydrogen-bond acceptors (Lipinski definition) is 6. The third-order valence-corrected chi connectivity index (χ3v) is 3.25. The van der Waals surface area contributed by atoms with E-state index >= 15 is 0 Å². The van der Waals surface area contributed by atoms with E-state index in [4.69, 9.17) is 5.73 Å². The molecule has 1 fully saturated rings. The molecule has 2 aromatic rings. The highest BCUT2D eigenvalue weighted by atomic mass is 15.3. The average Bonchev–Trinajstić information content (AvgIpc) is 2.81. The van der Waals surface area contributed by atoms with Crippen molar-refractivity contribution in [1.82, 2.24) is 24.5 Å². The summed E-state index contributed by atoms with van der Waals surface area (Å²) in [7, 11) is 0. The number of rotatable bonds is 2. The fraction of sp³-hybridized carbons (Fsp3) is 0.500. The molecular formula is C12H17N7. The maximum absolute atomic E-state index is 5.79. The Labute approximate surface area is 111 Å². The number of aromatic nitrogens is 5. The van der Waals surface area contributed by atoms with E-state index in [1.807, 2.05) is 0 Å². The molecule has 0 bridgehead atoms. The van der Waals surface area contributed by atoms with Crippen molar-refractivity contribution in [2.75, 3.05) is 23.7 Å². The molecule has 19 heavy (non-hydrogen) atoms. The van der Waals surface area contributed by atoms with E-state index in [1.165, 1.54) is 25.7 Å². The molecule has 100 valence electrons. The van der Waals surface area contributed by atoms with Crippen molar-refractivity contribution in [2.24, 2.45) is 0 Å². The first kappa shape index (κ1) is 11.9. The van der Waals surface area contributed by atoms with Gasteiger partial charge >= 0.3 is 0 Å². The highest BCUT2D eigenvalue weighted by Crippen LogP contribution is 2.17. The lowest BCUT2D eigenvalue weighted by molar-refractivity contribution is 0.726. The van der Waals surface area contributed by atoms with Crippen molar-refractivity contribution in [2.45, 2.75) is 25.7 Å². The van der Waals surface area contributed by atoms with Crippen LogP contribution in [0.5, 0.6) is 0 Å². The first-order valence-electron chi connectivity index (χ1n) is 6.58. The topological polar surface area (TPSA) is 85.8 Å². The zero-order chi connectivity index (χ0) is 13.1. The number of nitrogen functional groups attached to an aromatic ring is 1. The van der Waals surface area contributed by atoms with Crippen LogP contribution in [0.2, 0.25) is 0 Å². The lowest BCUT2D eigenvalue weighted by Crippen LogP contribution is -2.27. The lowest BCUT2D eigenvalue weighted by Gasteiger charge is -2.20. The molecule has 3 rings (SSSR count). The number of hydrogen-bond donors (Lipinski definition) is 1. The summed E-state index contributed by atoms with van der Waals surface area (Å²) in [5.41, 5.74) is 5.79. The molecule has 0 amide bonds. The average molecular weight is 259 g/mol. The van der Waals surface area contributed by atoms with Gasteiger partial charge in [0.25, 0.3) is 0 Å². The van der Waals surface area contributed by atoms with Crippen molar-refractivity contribution in [3.05, 3.63) is 18.7 Å². The summed E-state index contributed by atoms with van der Waals surface area (Å²) >= 11 is 0. The minimum atomic E-state index is 0.248. The minimum absolute atomic E-state index is 0.248. The first-order chi connectivity index (χ1) is 9.33. The maximum atomic E-state index is 5.79. The molecule has 2 aromatic heterocycles. The molecule has 0 atom stereocenters. The molecular weight excluding hydrogens is 242 g/mol. The Morgan fingerprint density at radius 2 is 1.68 bits per heavy atom. The number of imidazole rings is 1. The van der Waals surface area contributed by atoms with Gasteiger partial charge in [-0.3, -0.25) is 4.57 Å². The zero-order valence-electron chi connectivity index (χ0n) is 10.7. The molecule has 0 unspecified atom stereocenters. The van der Waals surface area contributed by atoms with Crippen LogP contribution in [-0.2, 0) is 0 Å². The fourth-order valence-electron chi connectivity index (χ4n) is 2.27. The van der Waals surface area contributed by atoms with Gasteiger partial charge in [0.05, 0.1) is 0 Å². The number of anilines is 2. The number of nitrogens with zero attached hydrogens (tertiary/aromatic N) is 6. The van der Waals surface area contributed by atoms with Gasteiger partial charge in [-0.2, -0.15) is 15.0 Å². The Bertz CT molecular complexity index is 529. The number of nitrogens with two attached hydrogens (primary N) is 1. The van der Waals surface area contributed by atoms with Crippen LogP contribution >= 0.6 is 0 Å². The Hall–Kier alpha value is -2.18. The third-order valence-electron chi connectivity index (χ3n) is 3.25. The first-order valence-corrected chi connectivity index (χ1v) is 6.58. The van der Waals surface area contributed by atoms with Gasteiger partial charge in [0.15, 0.2) is 0 Å². The van der Waals surface area contributed by atoms with Crippen molar-refractivity contribution >= 4 is 11.9 Å². The molecule has 0 aromatic carbocycles. The van der Waals surface area contributed by atoms with Crippen LogP contribution in [-0.4, -0.2) is 37.6 Å². The third kappa shape index (κ3) is 2.64. The van der Waals surface area contributed by atoms with E-state index in [2.05, 4.69) is 24.8 Å². The Kier molecular flexibility index (Phi) is 3.26. The Balaban J connectivity index is 1.92. The summed E-state index contributed by atoms with van der Waals surface area (Å²) in [5.74, 6) is 1.43. The fourth-order valence-corrected chi connectivity index (χ4v) is 2.27. The molecule has 7 heteroatoms. The monoisotopic (exact) mass is 259 g/mol. The van der Waals surface area contributed by atoms with Crippen LogP contribution in [0.4, 0.5) is 11.9 Å². The minimum Gasteiger partial charge on any atom is -0.368 e. The van der Waals surface area contributed by atoms with E-state index in [1.54, 1.807) is 23.3 Å². The summed E-state index contributed by atoms with van der Waals surface area (Å²) in [5, 5.41) is 0. The van der Waals surface area contributed by atoms with Gasteiger partial charge in [-0.05, 0) is 12.8 Å². The molecule has 1 saturated heterocycles. The van der Waals surface area contributed by atoms with Crippen LogP contribution in [0.1, 0.15) is 25.7 Å². The van der Waals surface area contributed by atoms with Gasteiger partial charge < -0.3 is 10.6 Å². The van der Waals surface area contributed by atoms with Gasteiger partial charge in [0.2, 0.25) is 17.8 Å². The smallest absolute Gasteiger partial charge is 0.241 e. The van der Waals surface area contributed by atoms with Gasteiger partial charge in [0.1, 0.15) is 6.33 Å². The largest absolute Gasteiger partial charge is 0.368 e. The van der Waals surface area contributed by atoms with Crippen LogP contribution in [0.15, 0.2) is 18.7 Å². The molecule has 0 saturated carbocycles. The van der Waals surface area contributed by atoms with Crippen molar-refractivity contribution in [3.8, 4) is 5.95 Å². The van der Waals surface area contributed by atoms with Crippen LogP contribution in [0.25, 0.3) is 5.95 Å². The van der Waals surface area contributed by atoms with Crippen LogP contribution < -0.4 is 10.6 Å². The van der Waals surface area contributed by atoms with Gasteiger partial charge in [0, 0.05) is 25.5 Å². The summed E-state index contributed by atoms with van der Waals surface area (Å²) in [4.78, 5) is 19.1. The quantitative estimate of drug-likeness (QED) is 0.866. The van der Waals surface area contributed by atoms with Crippen molar-refractivity contribution in [3.63, 3.8) is 0 Å². The predicted octanol–water partition coefficient (Wildman–Crippen LogP) is 1.02. The molecule has 0 aliphatic carbocycles. The normalized spacial score (nSPS) is 16.3. The maximum Gasteiger partial charge on any atom is 0.241 e. The zero-order valence-corrected chi connectivity index (χ0v) is 10.7. The molecule has 0 spiro atoms. The second-order valence-corrected chi connectivity index (χ2v) is 4.66. The summed E-state index contributed by atoms with van der Waals surface area (Å²) in [6, 6.07) is 0. The van der Waals surface area contributed by atoms with Crippen molar-refractivity contribution < 1.29 is 0 Å². The Morgan fingerprint density at radius 3 is 2.37 bits per heavy atom. The second kappa shape index (κ2) is 5.21. The van der Waals surface area contributed by atoms with Crippen LogP contribution in [0.3, 0.4) is 0 Å². The van der Waals surface area contributed by atoms with Crippen molar-refractivity contribution in [1.29, 1.82) is 0 Å². The summed E-state index contributed by atoms with van der Waals surface area (Å²) in [6.07, 6.45) is 10.0. The molecule has 3 heterocycles. The van der Waals surface area contributed by atoms with E-state index < -0.39 is 0 Å². The van der Waals surface area contributed by atoms with Gasteiger partial charge in [-0.1, -0.05) is 12.8 Å².